The molecule has 3 rings (SSSR count). The van der Waals surface area contributed by atoms with Crippen LogP contribution in [0.15, 0.2) is 52.3 Å². The minimum absolute atomic E-state index is 0. The van der Waals surface area contributed by atoms with Crippen molar-refractivity contribution in [3.05, 3.63) is 58.7 Å². The largest absolute Gasteiger partial charge is 0.492 e. The van der Waals surface area contributed by atoms with Crippen molar-refractivity contribution in [1.29, 1.82) is 0 Å². The first kappa shape index (κ1) is 23.5. The number of thiazole rings is 1. The summed E-state index contributed by atoms with van der Waals surface area (Å²) in [4.78, 5) is 20.1. The lowest BCUT2D eigenvalue weighted by Gasteiger charge is -2.15. The monoisotopic (exact) mass is 470 g/mol. The molecule has 0 amide bonds. The van der Waals surface area contributed by atoms with Crippen LogP contribution in [0.4, 0.5) is 0 Å². The van der Waals surface area contributed by atoms with Gasteiger partial charge in [-0.15, -0.1) is 23.7 Å². The average molecular weight is 471 g/mol. The molecule has 9 heteroatoms. The molecule has 3 aromatic rings. The Balaban J connectivity index is 0.00000300. The van der Waals surface area contributed by atoms with Crippen molar-refractivity contribution in [3.63, 3.8) is 0 Å². The van der Waals surface area contributed by atoms with Gasteiger partial charge in [0, 0.05) is 22.4 Å². The van der Waals surface area contributed by atoms with Crippen LogP contribution in [0.25, 0.3) is 11.3 Å². The number of hydrogen-bond acceptors (Lipinski definition) is 6. The standard InChI is InChI=1S/C20H19ClN2O3S2.ClH/c1-20(2,18(24)25)28-19-23-15(12-27-19)9-10-26-16-7-8-17(22-11-16)13-3-5-14(21)6-4-13;/h3-8,11-12H,9-10H2,1-2H3,(H,24,25);1H. The van der Waals surface area contributed by atoms with E-state index in [-0.39, 0.29) is 12.4 Å². The third-order valence-corrected chi connectivity index (χ3v) is 6.32. The lowest BCUT2D eigenvalue weighted by atomic mass is 10.1. The van der Waals surface area contributed by atoms with E-state index in [0.717, 1.165) is 21.3 Å². The van der Waals surface area contributed by atoms with Gasteiger partial charge in [-0.25, -0.2) is 4.98 Å². The average Bonchev–Trinajstić information content (AvgIpc) is 3.09. The molecule has 0 aliphatic carbocycles. The van der Waals surface area contributed by atoms with E-state index in [0.29, 0.717) is 23.8 Å². The Morgan fingerprint density at radius 2 is 1.97 bits per heavy atom. The van der Waals surface area contributed by atoms with Gasteiger partial charge in [-0.1, -0.05) is 35.5 Å². The molecule has 0 bridgehead atoms. The SMILES string of the molecule is CC(C)(Sc1nc(CCOc2ccc(-c3ccc(Cl)cc3)nc2)cs1)C(=O)O.Cl. The highest BCUT2D eigenvalue weighted by Gasteiger charge is 2.29. The molecule has 0 aliphatic rings. The molecule has 0 spiro atoms. The first-order chi connectivity index (χ1) is 13.3. The summed E-state index contributed by atoms with van der Waals surface area (Å²) in [5, 5.41) is 11.8. The molecule has 1 aromatic carbocycles. The second kappa shape index (κ2) is 10.3. The number of thioether (sulfide) groups is 1. The predicted molar refractivity (Wildman–Crippen MR) is 121 cm³/mol. The van der Waals surface area contributed by atoms with Crippen LogP contribution in [0.2, 0.25) is 5.02 Å². The van der Waals surface area contributed by atoms with Gasteiger partial charge in [0.25, 0.3) is 0 Å². The minimum atomic E-state index is -0.900. The molecule has 1 N–H and O–H groups in total. The summed E-state index contributed by atoms with van der Waals surface area (Å²) in [6.45, 7) is 3.81. The van der Waals surface area contributed by atoms with Crippen molar-refractivity contribution < 1.29 is 14.6 Å². The number of benzene rings is 1. The Labute approximate surface area is 188 Å². The van der Waals surface area contributed by atoms with Gasteiger partial charge in [-0.2, -0.15) is 0 Å². The summed E-state index contributed by atoms with van der Waals surface area (Å²) in [6, 6.07) is 11.3. The number of rotatable bonds is 8. The second-order valence-corrected chi connectivity index (χ2v) is 9.67. The maximum Gasteiger partial charge on any atom is 0.319 e. The van der Waals surface area contributed by atoms with Gasteiger partial charge in [-0.3, -0.25) is 9.78 Å². The van der Waals surface area contributed by atoms with E-state index >= 15 is 0 Å². The van der Waals surface area contributed by atoms with Crippen molar-refractivity contribution in [2.45, 2.75) is 29.4 Å². The number of halogens is 2. The Morgan fingerprint density at radius 1 is 1.24 bits per heavy atom. The van der Waals surface area contributed by atoms with Crippen LogP contribution in [0, 0.1) is 0 Å². The Hall–Kier alpha value is -1.80. The predicted octanol–water partition coefficient (Wildman–Crippen LogP) is 5.86. The number of pyridine rings is 1. The van der Waals surface area contributed by atoms with E-state index < -0.39 is 10.7 Å². The molecule has 0 saturated heterocycles. The molecule has 154 valence electrons. The number of carboxylic acid groups (broad SMARTS) is 1. The van der Waals surface area contributed by atoms with Crippen LogP contribution in [-0.2, 0) is 11.2 Å². The topological polar surface area (TPSA) is 72.3 Å². The third-order valence-electron chi connectivity index (χ3n) is 3.89. The maximum absolute atomic E-state index is 11.2. The molecular formula is C20H20Cl2N2O3S2. The summed E-state index contributed by atoms with van der Waals surface area (Å²) in [5.74, 6) is -0.165. The smallest absolute Gasteiger partial charge is 0.319 e. The molecule has 5 nitrogen and oxygen atoms in total. The fourth-order valence-electron chi connectivity index (χ4n) is 2.24. The summed E-state index contributed by atoms with van der Waals surface area (Å²) >= 11 is 8.61. The van der Waals surface area contributed by atoms with Crippen molar-refractivity contribution in [2.24, 2.45) is 0 Å². The van der Waals surface area contributed by atoms with Crippen molar-refractivity contribution >= 4 is 53.1 Å². The van der Waals surface area contributed by atoms with Gasteiger partial charge in [0.2, 0.25) is 0 Å². The van der Waals surface area contributed by atoms with Crippen LogP contribution in [0.3, 0.4) is 0 Å². The van der Waals surface area contributed by atoms with E-state index in [2.05, 4.69) is 9.97 Å². The van der Waals surface area contributed by atoms with Crippen LogP contribution >= 0.6 is 47.1 Å². The summed E-state index contributed by atoms with van der Waals surface area (Å²) < 4.78 is 5.60. The van der Waals surface area contributed by atoms with E-state index in [4.69, 9.17) is 16.3 Å². The zero-order chi connectivity index (χ0) is 20.1. The molecule has 0 unspecified atom stereocenters. The van der Waals surface area contributed by atoms with Crippen molar-refractivity contribution in [2.75, 3.05) is 6.61 Å². The Morgan fingerprint density at radius 3 is 2.59 bits per heavy atom. The van der Waals surface area contributed by atoms with Crippen LogP contribution in [-0.4, -0.2) is 32.4 Å². The van der Waals surface area contributed by atoms with E-state index in [1.165, 1.54) is 23.1 Å². The number of carboxylic acids is 1. The lowest BCUT2D eigenvalue weighted by Crippen LogP contribution is -2.26. The fraction of sp³-hybridized carbons (Fsp3) is 0.250. The van der Waals surface area contributed by atoms with Gasteiger partial charge >= 0.3 is 5.97 Å². The first-order valence-electron chi connectivity index (χ1n) is 8.55. The normalized spacial score (nSPS) is 11.0. The molecule has 0 fully saturated rings. The molecule has 29 heavy (non-hydrogen) atoms. The quantitative estimate of drug-likeness (QED) is 0.415. The highest BCUT2D eigenvalue weighted by Crippen LogP contribution is 2.34. The zero-order valence-corrected chi connectivity index (χ0v) is 19.0. The number of ether oxygens (including phenoxy) is 1. The number of nitrogens with zero attached hydrogens (tertiary/aromatic N) is 2. The molecule has 0 radical (unpaired) electrons. The van der Waals surface area contributed by atoms with E-state index in [1.807, 2.05) is 41.8 Å². The van der Waals surface area contributed by atoms with Crippen molar-refractivity contribution in [3.8, 4) is 17.0 Å². The van der Waals surface area contributed by atoms with Crippen LogP contribution in [0.5, 0.6) is 5.75 Å². The summed E-state index contributed by atoms with van der Waals surface area (Å²) in [7, 11) is 0. The highest BCUT2D eigenvalue weighted by atomic mass is 35.5. The number of aromatic nitrogens is 2. The van der Waals surface area contributed by atoms with Crippen molar-refractivity contribution in [1.82, 2.24) is 9.97 Å². The van der Waals surface area contributed by atoms with Gasteiger partial charge in [0.15, 0.2) is 4.34 Å². The second-order valence-electron chi connectivity index (χ2n) is 6.51. The van der Waals surface area contributed by atoms with Crippen LogP contribution < -0.4 is 4.74 Å². The van der Waals surface area contributed by atoms with Gasteiger partial charge in [-0.05, 0) is 38.1 Å². The van der Waals surface area contributed by atoms with Crippen LogP contribution in [0.1, 0.15) is 19.5 Å². The third kappa shape index (κ3) is 6.60. The van der Waals surface area contributed by atoms with Gasteiger partial charge < -0.3 is 9.84 Å². The first-order valence-corrected chi connectivity index (χ1v) is 10.6. The summed E-state index contributed by atoms with van der Waals surface area (Å²) in [5.41, 5.74) is 2.73. The van der Waals surface area contributed by atoms with Gasteiger partial charge in [0.1, 0.15) is 10.5 Å². The van der Waals surface area contributed by atoms with E-state index in [1.54, 1.807) is 20.0 Å². The Kier molecular flexibility index (Phi) is 8.34. The maximum atomic E-state index is 11.2. The molecule has 0 atom stereocenters. The number of carbonyl (C=O) groups is 1. The molecular weight excluding hydrogens is 451 g/mol. The molecule has 0 aliphatic heterocycles. The summed E-state index contributed by atoms with van der Waals surface area (Å²) in [6.07, 6.45) is 2.34. The van der Waals surface area contributed by atoms with E-state index in [9.17, 15) is 9.90 Å². The Bertz CT molecular complexity index is 945. The number of hydrogen-bond donors (Lipinski definition) is 1. The van der Waals surface area contributed by atoms with Gasteiger partial charge in [0.05, 0.1) is 24.2 Å². The fourth-order valence-corrected chi connectivity index (χ4v) is 4.59. The number of aliphatic carboxylic acids is 1. The lowest BCUT2D eigenvalue weighted by molar-refractivity contribution is -0.138. The highest BCUT2D eigenvalue weighted by molar-refractivity contribution is 8.02. The molecule has 2 aromatic heterocycles. The molecule has 0 saturated carbocycles. The minimum Gasteiger partial charge on any atom is -0.492 e. The molecule has 2 heterocycles. The zero-order valence-electron chi connectivity index (χ0n) is 15.8.